The molecule has 0 fully saturated rings. The molecular formula is C2H4NO+. The smallest absolute Gasteiger partial charge is 0.223 e. The van der Waals surface area contributed by atoms with Gasteiger partial charge in [-0.3, -0.25) is 0 Å². The molecule has 0 aliphatic rings. The van der Waals surface area contributed by atoms with Crippen molar-refractivity contribution >= 4 is 13.1 Å². The second-order valence-corrected chi connectivity index (χ2v) is 0.322. The van der Waals surface area contributed by atoms with Gasteiger partial charge in [0.2, 0.25) is 0 Å². The minimum atomic E-state index is 0.514. The summed E-state index contributed by atoms with van der Waals surface area (Å²) in [5.41, 5.74) is 0. The molecule has 0 aromatic rings. The first kappa shape index (κ1) is 3.34. The van der Waals surface area contributed by atoms with E-state index in [-0.39, 0.29) is 0 Å². The van der Waals surface area contributed by atoms with Crippen LogP contribution < -0.4 is 4.99 Å². The first-order valence-electron chi connectivity index (χ1n) is 0.878. The molecule has 0 aliphatic heterocycles. The van der Waals surface area contributed by atoms with Crippen molar-refractivity contribution in [3.05, 3.63) is 0 Å². The van der Waals surface area contributed by atoms with Crippen LogP contribution in [0, 0.1) is 0 Å². The predicted molar refractivity (Wildman–Crippen MR) is 14.1 cm³/mol. The second kappa shape index (κ2) is 2.34. The van der Waals surface area contributed by atoms with Crippen molar-refractivity contribution < 1.29 is 9.79 Å². The lowest BCUT2D eigenvalue weighted by Gasteiger charge is -1.33. The Morgan fingerprint density at radius 1 is 2.00 bits per heavy atom. The third kappa shape index (κ3) is 1.34. The van der Waals surface area contributed by atoms with Gasteiger partial charge in [-0.1, -0.05) is 0 Å². The maximum absolute atomic E-state index is 9.00. The van der Waals surface area contributed by atoms with Crippen LogP contribution in [0.4, 0.5) is 0 Å². The normalized spacial score (nSPS) is 5.00. The maximum Gasteiger partial charge on any atom is 0.372 e. The number of nitrogens with one attached hydrogen (secondary N) is 1. The fraction of sp³-hybridized carbons (Fsp3) is 0. The minimum absolute atomic E-state index is 0.514. The molecule has 0 aromatic carbocycles. The van der Waals surface area contributed by atoms with Gasteiger partial charge >= 0.3 is 6.41 Å². The molecule has 0 atom stereocenters. The van der Waals surface area contributed by atoms with Crippen LogP contribution in [-0.2, 0) is 4.79 Å². The van der Waals surface area contributed by atoms with Gasteiger partial charge in [-0.05, 0) is 0 Å². The largest absolute Gasteiger partial charge is 0.372 e. The Labute approximate surface area is 24.2 Å². The molecule has 0 aliphatic carbocycles. The Balaban J connectivity index is 2.73. The molecule has 1 N–H and O–H groups in total. The van der Waals surface area contributed by atoms with E-state index in [4.69, 9.17) is 4.79 Å². The van der Waals surface area contributed by atoms with E-state index < -0.39 is 0 Å². The van der Waals surface area contributed by atoms with E-state index in [1.165, 1.54) is 0 Å². The Morgan fingerprint density at radius 3 is 2.25 bits per heavy atom. The molecule has 0 rings (SSSR count). The van der Waals surface area contributed by atoms with Crippen molar-refractivity contribution in [1.29, 1.82) is 0 Å². The van der Waals surface area contributed by atoms with Gasteiger partial charge in [0.25, 0.3) is 0 Å². The Bertz CT molecular complexity index is 27.0. The summed E-state index contributed by atoms with van der Waals surface area (Å²) >= 11 is 0. The average Bonchev–Trinajstić information content (AvgIpc) is 1.37. The zero-order valence-corrected chi connectivity index (χ0v) is 2.19. The van der Waals surface area contributed by atoms with Crippen LogP contribution in [0.2, 0.25) is 0 Å². The highest BCUT2D eigenvalue weighted by Crippen LogP contribution is 0.739. The maximum atomic E-state index is 9.00. The minimum Gasteiger partial charge on any atom is -0.223 e. The van der Waals surface area contributed by atoms with E-state index >= 15 is 0 Å². The van der Waals surface area contributed by atoms with E-state index in [0.717, 1.165) is 0 Å². The Morgan fingerprint density at radius 2 is 2.25 bits per heavy atom. The third-order valence-corrected chi connectivity index (χ3v) is 0.0833. The van der Waals surface area contributed by atoms with Gasteiger partial charge in [0.05, 0.1) is 0 Å². The summed E-state index contributed by atoms with van der Waals surface area (Å²) in [6.45, 7) is 2.99. The average molecular weight is 58.1 g/mol. The van der Waals surface area contributed by atoms with Crippen LogP contribution in [0.5, 0.6) is 0 Å². The lowest BCUT2D eigenvalue weighted by Crippen LogP contribution is -2.63. The standard InChI is InChI=1S/C2H3NO/c1-3-2-4/h2H,1H2/p+1. The Hall–Kier alpha value is -0.660. The summed E-state index contributed by atoms with van der Waals surface area (Å²) in [5, 5.41) is 0. The van der Waals surface area contributed by atoms with Crippen LogP contribution >= 0.6 is 0 Å². The molecule has 0 bridgehead atoms. The van der Waals surface area contributed by atoms with Gasteiger partial charge in [0.1, 0.15) is 6.72 Å². The molecule has 0 saturated carbocycles. The molecule has 0 unspecified atom stereocenters. The summed E-state index contributed by atoms with van der Waals surface area (Å²) in [5.74, 6) is 0. The molecule has 0 spiro atoms. The highest BCUT2D eigenvalue weighted by Gasteiger charge is 1.46. The van der Waals surface area contributed by atoms with Crippen molar-refractivity contribution in [3.8, 4) is 0 Å². The number of amides is 1. The van der Waals surface area contributed by atoms with Crippen molar-refractivity contribution in [1.82, 2.24) is 0 Å². The number of carbonyl (C=O) groups is 1. The highest BCUT2D eigenvalue weighted by molar-refractivity contribution is 5.36. The van der Waals surface area contributed by atoms with Crippen molar-refractivity contribution in [2.24, 2.45) is 0 Å². The summed E-state index contributed by atoms with van der Waals surface area (Å²) in [4.78, 5) is 11.0. The number of carbonyl (C=O) groups excluding carboxylic acids is 1. The summed E-state index contributed by atoms with van der Waals surface area (Å²) in [6.07, 6.45) is 0.514. The molecular weight excluding hydrogens is 54.0 g/mol. The number of hydrogen-bond acceptors (Lipinski definition) is 1. The molecule has 22 valence electrons. The van der Waals surface area contributed by atoms with Crippen LogP contribution in [0.25, 0.3) is 0 Å². The molecule has 2 nitrogen and oxygen atoms in total. The number of hydrogen-bond donors (Lipinski definition) is 1. The molecule has 2 heteroatoms. The lowest BCUT2D eigenvalue weighted by atomic mass is 11.4. The molecule has 0 saturated heterocycles. The first-order chi connectivity index (χ1) is 1.91. The van der Waals surface area contributed by atoms with E-state index in [0.29, 0.717) is 6.41 Å². The summed E-state index contributed by atoms with van der Waals surface area (Å²) in [7, 11) is 0. The third-order valence-electron chi connectivity index (χ3n) is 0.0833. The quantitative estimate of drug-likeness (QED) is 0.272. The van der Waals surface area contributed by atoms with Gasteiger partial charge in [-0.2, -0.15) is 4.99 Å². The van der Waals surface area contributed by atoms with Gasteiger partial charge in [-0.25, -0.2) is 4.79 Å². The van der Waals surface area contributed by atoms with Crippen molar-refractivity contribution in [2.45, 2.75) is 0 Å². The van der Waals surface area contributed by atoms with Gasteiger partial charge in [-0.15, -0.1) is 0 Å². The van der Waals surface area contributed by atoms with E-state index in [1.807, 2.05) is 4.99 Å². The van der Waals surface area contributed by atoms with Crippen LogP contribution in [-0.4, -0.2) is 13.1 Å². The lowest BCUT2D eigenvalue weighted by molar-refractivity contribution is -0.348. The zero-order chi connectivity index (χ0) is 3.41. The molecule has 0 radical (unpaired) electrons. The van der Waals surface area contributed by atoms with E-state index in [9.17, 15) is 0 Å². The first-order valence-corrected chi connectivity index (χ1v) is 0.878. The van der Waals surface area contributed by atoms with Crippen molar-refractivity contribution in [3.63, 3.8) is 0 Å². The van der Waals surface area contributed by atoms with E-state index in [1.54, 1.807) is 0 Å². The molecule has 1 amide bonds. The summed E-state index contributed by atoms with van der Waals surface area (Å²) < 4.78 is 0. The van der Waals surface area contributed by atoms with Gasteiger partial charge < -0.3 is 0 Å². The monoisotopic (exact) mass is 58.0 g/mol. The highest BCUT2D eigenvalue weighted by atomic mass is 16.1. The fourth-order valence-electron chi connectivity index (χ4n) is 0. The predicted octanol–water partition coefficient (Wildman–Crippen LogP) is -2.08. The second-order valence-electron chi connectivity index (χ2n) is 0.322. The fourth-order valence-corrected chi connectivity index (χ4v) is 0. The topological polar surface area (TPSA) is 31.0 Å². The van der Waals surface area contributed by atoms with Gasteiger partial charge in [0, 0.05) is 0 Å². The number of rotatable bonds is 1. The zero-order valence-electron chi connectivity index (χ0n) is 2.19. The van der Waals surface area contributed by atoms with Crippen LogP contribution in [0.15, 0.2) is 0 Å². The van der Waals surface area contributed by atoms with Crippen LogP contribution in [0.1, 0.15) is 0 Å². The van der Waals surface area contributed by atoms with Crippen LogP contribution in [0.3, 0.4) is 0 Å². The SMILES string of the molecule is C=[NH+]C=O. The van der Waals surface area contributed by atoms with Gasteiger partial charge in [0.15, 0.2) is 0 Å². The Kier molecular flexibility index (Phi) is 1.95. The van der Waals surface area contributed by atoms with Crippen molar-refractivity contribution in [2.75, 3.05) is 0 Å². The summed E-state index contributed by atoms with van der Waals surface area (Å²) in [6, 6.07) is 0. The van der Waals surface area contributed by atoms with E-state index in [2.05, 4.69) is 6.72 Å². The molecule has 0 aromatic heterocycles. The molecule has 4 heavy (non-hydrogen) atoms. The molecule has 0 heterocycles.